The molecule has 2 aromatic carbocycles. The zero-order valence-corrected chi connectivity index (χ0v) is 14.2. The molecule has 1 heterocycles. The Bertz CT molecular complexity index is 872. The van der Waals surface area contributed by atoms with E-state index in [0.717, 1.165) is 11.1 Å². The molecule has 5 heteroatoms. The number of hydrogen-bond donors (Lipinski definition) is 1. The largest absolute Gasteiger partial charge is 0.441 e. The van der Waals surface area contributed by atoms with E-state index in [2.05, 4.69) is 10.3 Å². The van der Waals surface area contributed by atoms with E-state index in [-0.39, 0.29) is 12.3 Å². The molecule has 0 fully saturated rings. The molecule has 0 atom stereocenters. The van der Waals surface area contributed by atoms with Crippen LogP contribution in [0.2, 0.25) is 5.02 Å². The summed E-state index contributed by atoms with van der Waals surface area (Å²) in [4.78, 5) is 16.7. The summed E-state index contributed by atoms with van der Waals surface area (Å²) >= 11 is 6.08. The predicted molar refractivity (Wildman–Crippen MR) is 95.2 cm³/mol. The number of nitrogens with one attached hydrogen (secondary N) is 1. The normalized spacial score (nSPS) is 10.6. The van der Waals surface area contributed by atoms with E-state index in [4.69, 9.17) is 16.0 Å². The summed E-state index contributed by atoms with van der Waals surface area (Å²) in [6, 6.07) is 15.0. The number of oxazole rings is 1. The summed E-state index contributed by atoms with van der Waals surface area (Å²) in [5.41, 5.74) is 3.15. The maximum absolute atomic E-state index is 12.2. The van der Waals surface area contributed by atoms with Crippen LogP contribution < -0.4 is 5.32 Å². The standard InChI is InChI=1S/C19H17ClN2O2/c1-12-8-9-15(10-16(12)20)21-18(23)11-17-13(2)24-19(22-17)14-6-4-3-5-7-14/h3-10H,11H2,1-2H3,(H,21,23). The minimum absolute atomic E-state index is 0.146. The van der Waals surface area contributed by atoms with Crippen molar-refractivity contribution in [3.63, 3.8) is 0 Å². The molecule has 1 aromatic heterocycles. The lowest BCUT2D eigenvalue weighted by Gasteiger charge is -2.06. The van der Waals surface area contributed by atoms with Crippen molar-refractivity contribution in [1.29, 1.82) is 0 Å². The molecule has 24 heavy (non-hydrogen) atoms. The number of carbonyl (C=O) groups is 1. The second-order valence-corrected chi connectivity index (χ2v) is 5.98. The first-order valence-corrected chi connectivity index (χ1v) is 7.98. The molecule has 0 aliphatic heterocycles. The third-order valence-electron chi connectivity index (χ3n) is 3.70. The quantitative estimate of drug-likeness (QED) is 0.742. The number of carbonyl (C=O) groups excluding carboxylic acids is 1. The third-order valence-corrected chi connectivity index (χ3v) is 4.10. The van der Waals surface area contributed by atoms with E-state index < -0.39 is 0 Å². The van der Waals surface area contributed by atoms with Crippen molar-refractivity contribution in [2.45, 2.75) is 20.3 Å². The summed E-state index contributed by atoms with van der Waals surface area (Å²) in [6.45, 7) is 3.72. The molecule has 0 saturated carbocycles. The first-order valence-electron chi connectivity index (χ1n) is 7.60. The molecule has 1 N–H and O–H groups in total. The molecule has 0 unspecified atom stereocenters. The second-order valence-electron chi connectivity index (χ2n) is 5.58. The first-order chi connectivity index (χ1) is 11.5. The number of nitrogens with zero attached hydrogens (tertiary/aromatic N) is 1. The Morgan fingerprint density at radius 1 is 1.17 bits per heavy atom. The van der Waals surface area contributed by atoms with Crippen LogP contribution in [0.5, 0.6) is 0 Å². The Morgan fingerprint density at radius 2 is 1.92 bits per heavy atom. The van der Waals surface area contributed by atoms with Gasteiger partial charge in [0, 0.05) is 16.3 Å². The molecule has 3 rings (SSSR count). The molecule has 3 aromatic rings. The number of rotatable bonds is 4. The van der Waals surface area contributed by atoms with Crippen LogP contribution in [0, 0.1) is 13.8 Å². The monoisotopic (exact) mass is 340 g/mol. The van der Waals surface area contributed by atoms with E-state index in [1.54, 1.807) is 6.07 Å². The number of amides is 1. The zero-order chi connectivity index (χ0) is 17.1. The topological polar surface area (TPSA) is 55.1 Å². The number of hydrogen-bond acceptors (Lipinski definition) is 3. The summed E-state index contributed by atoms with van der Waals surface area (Å²) in [5, 5.41) is 3.45. The summed E-state index contributed by atoms with van der Waals surface area (Å²) in [6.07, 6.45) is 0.146. The van der Waals surface area contributed by atoms with E-state index in [1.807, 2.05) is 56.3 Å². The SMILES string of the molecule is Cc1ccc(NC(=O)Cc2nc(-c3ccccc3)oc2C)cc1Cl. The van der Waals surface area contributed by atoms with Gasteiger partial charge in [0.15, 0.2) is 0 Å². The van der Waals surface area contributed by atoms with Crippen LogP contribution in [0.3, 0.4) is 0 Å². The Balaban J connectivity index is 1.72. The van der Waals surface area contributed by atoms with E-state index in [0.29, 0.717) is 28.1 Å². The van der Waals surface area contributed by atoms with Gasteiger partial charge in [-0.15, -0.1) is 0 Å². The second kappa shape index (κ2) is 6.89. The fraction of sp³-hybridized carbons (Fsp3) is 0.158. The lowest BCUT2D eigenvalue weighted by molar-refractivity contribution is -0.115. The van der Waals surface area contributed by atoms with Crippen LogP contribution in [-0.2, 0) is 11.2 Å². The number of aromatic nitrogens is 1. The van der Waals surface area contributed by atoms with Gasteiger partial charge in [0.05, 0.1) is 12.1 Å². The highest BCUT2D eigenvalue weighted by atomic mass is 35.5. The van der Waals surface area contributed by atoms with Gasteiger partial charge >= 0.3 is 0 Å². The van der Waals surface area contributed by atoms with Crippen molar-refractivity contribution >= 4 is 23.2 Å². The molecule has 122 valence electrons. The molecular formula is C19H17ClN2O2. The Hall–Kier alpha value is -2.59. The predicted octanol–water partition coefficient (Wildman–Crippen LogP) is 4.79. The van der Waals surface area contributed by atoms with Gasteiger partial charge in [0.2, 0.25) is 11.8 Å². The van der Waals surface area contributed by atoms with Crippen molar-refractivity contribution in [1.82, 2.24) is 4.98 Å². The molecule has 0 saturated heterocycles. The maximum Gasteiger partial charge on any atom is 0.230 e. The molecule has 0 spiro atoms. The average Bonchev–Trinajstić information content (AvgIpc) is 2.93. The summed E-state index contributed by atoms with van der Waals surface area (Å²) in [5.74, 6) is 1.01. The summed E-state index contributed by atoms with van der Waals surface area (Å²) < 4.78 is 5.67. The highest BCUT2D eigenvalue weighted by Gasteiger charge is 2.15. The number of benzene rings is 2. The smallest absolute Gasteiger partial charge is 0.230 e. The van der Waals surface area contributed by atoms with Gasteiger partial charge < -0.3 is 9.73 Å². The van der Waals surface area contributed by atoms with Gasteiger partial charge in [-0.2, -0.15) is 0 Å². The number of anilines is 1. The molecule has 0 bridgehead atoms. The van der Waals surface area contributed by atoms with Crippen molar-refractivity contribution < 1.29 is 9.21 Å². The van der Waals surface area contributed by atoms with Crippen molar-refractivity contribution in [2.75, 3.05) is 5.32 Å². The molecule has 1 amide bonds. The van der Waals surface area contributed by atoms with Crippen molar-refractivity contribution in [3.05, 3.63) is 70.6 Å². The van der Waals surface area contributed by atoms with Gasteiger partial charge in [0.25, 0.3) is 0 Å². The molecule has 0 aliphatic carbocycles. The average molecular weight is 341 g/mol. The minimum Gasteiger partial charge on any atom is -0.441 e. The van der Waals surface area contributed by atoms with Gasteiger partial charge in [-0.25, -0.2) is 4.98 Å². The van der Waals surface area contributed by atoms with Gasteiger partial charge in [-0.1, -0.05) is 35.9 Å². The number of aryl methyl sites for hydroxylation is 2. The van der Waals surface area contributed by atoms with Gasteiger partial charge in [0.1, 0.15) is 5.76 Å². The van der Waals surface area contributed by atoms with Crippen LogP contribution in [0.15, 0.2) is 52.9 Å². The van der Waals surface area contributed by atoms with Crippen LogP contribution in [0.25, 0.3) is 11.5 Å². The van der Waals surface area contributed by atoms with E-state index in [1.165, 1.54) is 0 Å². The first kappa shape index (κ1) is 16.3. The molecular weight excluding hydrogens is 324 g/mol. The Morgan fingerprint density at radius 3 is 2.62 bits per heavy atom. The van der Waals surface area contributed by atoms with Gasteiger partial charge in [-0.3, -0.25) is 4.79 Å². The number of halogens is 1. The van der Waals surface area contributed by atoms with E-state index in [9.17, 15) is 4.79 Å². The highest BCUT2D eigenvalue weighted by molar-refractivity contribution is 6.31. The van der Waals surface area contributed by atoms with Crippen molar-refractivity contribution in [3.8, 4) is 11.5 Å². The lowest BCUT2D eigenvalue weighted by atomic mass is 10.2. The van der Waals surface area contributed by atoms with Crippen molar-refractivity contribution in [2.24, 2.45) is 0 Å². The maximum atomic E-state index is 12.2. The lowest BCUT2D eigenvalue weighted by Crippen LogP contribution is -2.15. The van der Waals surface area contributed by atoms with Gasteiger partial charge in [-0.05, 0) is 43.7 Å². The zero-order valence-electron chi connectivity index (χ0n) is 13.5. The van der Waals surface area contributed by atoms with Crippen LogP contribution in [0.4, 0.5) is 5.69 Å². The van der Waals surface area contributed by atoms with Crippen LogP contribution >= 0.6 is 11.6 Å². The van der Waals surface area contributed by atoms with Crippen LogP contribution in [0.1, 0.15) is 17.0 Å². The molecule has 4 nitrogen and oxygen atoms in total. The van der Waals surface area contributed by atoms with E-state index >= 15 is 0 Å². The Kier molecular flexibility index (Phi) is 4.67. The highest BCUT2D eigenvalue weighted by Crippen LogP contribution is 2.23. The summed E-state index contributed by atoms with van der Waals surface area (Å²) in [7, 11) is 0. The fourth-order valence-electron chi connectivity index (χ4n) is 2.32. The molecule has 0 aliphatic rings. The van der Waals surface area contributed by atoms with Crippen LogP contribution in [-0.4, -0.2) is 10.9 Å². The third kappa shape index (κ3) is 3.66. The Labute approximate surface area is 145 Å². The fourth-order valence-corrected chi connectivity index (χ4v) is 2.50. The minimum atomic E-state index is -0.161. The molecule has 0 radical (unpaired) electrons.